The van der Waals surface area contributed by atoms with Crippen LogP contribution in [0.25, 0.3) is 0 Å². The van der Waals surface area contributed by atoms with Crippen molar-refractivity contribution < 1.29 is 9.59 Å². The maximum atomic E-state index is 11.7. The quantitative estimate of drug-likeness (QED) is 0.324. The van der Waals surface area contributed by atoms with Crippen LogP contribution in [0, 0.1) is 5.41 Å². The SMILES string of the molecule is CN(C)C(C)(I)CC(C)(C)CN1C(=O)CCC1=O. The van der Waals surface area contributed by atoms with Crippen LogP contribution in [0.2, 0.25) is 0 Å². The minimum atomic E-state index is -0.0735. The number of amides is 2. The summed E-state index contributed by atoms with van der Waals surface area (Å²) in [5.74, 6) is -0.0406. The summed E-state index contributed by atoms with van der Waals surface area (Å²) >= 11 is 2.43. The Bertz CT molecular complexity index is 335. The summed E-state index contributed by atoms with van der Waals surface area (Å²) < 4.78 is 0.0209. The third kappa shape index (κ3) is 3.91. The normalized spacial score (nSPS) is 20.7. The number of alkyl halides is 1. The van der Waals surface area contributed by atoms with E-state index in [-0.39, 0.29) is 20.8 Å². The van der Waals surface area contributed by atoms with Crippen LogP contribution < -0.4 is 0 Å². The van der Waals surface area contributed by atoms with Crippen LogP contribution in [-0.4, -0.2) is 45.8 Å². The average Bonchev–Trinajstić information content (AvgIpc) is 2.47. The standard InChI is InChI=1S/C13H23IN2O2/c1-12(2,8-13(3,14)15(4)5)9-16-10(17)6-7-11(16)18/h6-9H2,1-5H3. The molecule has 0 radical (unpaired) electrons. The first kappa shape index (κ1) is 15.9. The predicted molar refractivity (Wildman–Crippen MR) is 80.5 cm³/mol. The number of imide groups is 1. The first-order valence-electron chi connectivity index (χ1n) is 6.25. The first-order chi connectivity index (χ1) is 8.05. The molecule has 18 heavy (non-hydrogen) atoms. The molecule has 1 heterocycles. The van der Waals surface area contributed by atoms with E-state index in [0.29, 0.717) is 19.4 Å². The lowest BCUT2D eigenvalue weighted by Crippen LogP contribution is -2.44. The highest BCUT2D eigenvalue weighted by molar-refractivity contribution is 14.1. The molecule has 0 saturated carbocycles. The summed E-state index contributed by atoms with van der Waals surface area (Å²) in [5, 5.41) is 0. The molecule has 0 aromatic carbocycles. The van der Waals surface area contributed by atoms with Gasteiger partial charge in [0.05, 0.1) is 3.55 Å². The van der Waals surface area contributed by atoms with Crippen LogP contribution >= 0.6 is 22.6 Å². The van der Waals surface area contributed by atoms with Gasteiger partial charge in [0.1, 0.15) is 0 Å². The van der Waals surface area contributed by atoms with Crippen LogP contribution in [0.1, 0.15) is 40.0 Å². The van der Waals surface area contributed by atoms with Crippen molar-refractivity contribution in [3.05, 3.63) is 0 Å². The van der Waals surface area contributed by atoms with Crippen LogP contribution in [0.4, 0.5) is 0 Å². The van der Waals surface area contributed by atoms with Gasteiger partial charge in [0.2, 0.25) is 11.8 Å². The maximum absolute atomic E-state index is 11.7. The number of carbonyl (C=O) groups is 2. The summed E-state index contributed by atoms with van der Waals surface area (Å²) in [6.45, 7) is 6.93. The molecule has 0 aromatic rings. The molecule has 1 atom stereocenters. The van der Waals surface area contributed by atoms with Crippen LogP contribution in [-0.2, 0) is 9.59 Å². The molecule has 0 aliphatic carbocycles. The largest absolute Gasteiger partial charge is 0.295 e. The molecule has 5 heteroatoms. The minimum absolute atomic E-state index is 0.0203. The van der Waals surface area contributed by atoms with Crippen molar-refractivity contribution in [2.75, 3.05) is 20.6 Å². The van der Waals surface area contributed by atoms with Crippen LogP contribution in [0.15, 0.2) is 0 Å². The highest BCUT2D eigenvalue weighted by atomic mass is 127. The molecule has 1 aliphatic heterocycles. The van der Waals surface area contributed by atoms with Gasteiger partial charge in [-0.3, -0.25) is 19.4 Å². The zero-order valence-corrected chi connectivity index (χ0v) is 14.1. The van der Waals surface area contributed by atoms with E-state index < -0.39 is 0 Å². The predicted octanol–water partition coefficient (Wildman–Crippen LogP) is 2.26. The Morgan fingerprint density at radius 3 is 2.00 bits per heavy atom. The molecular weight excluding hydrogens is 343 g/mol. The second-order valence-electron chi connectivity index (χ2n) is 6.25. The molecule has 4 nitrogen and oxygen atoms in total. The summed E-state index contributed by atoms with van der Waals surface area (Å²) in [5.41, 5.74) is -0.0735. The Kier molecular flexibility index (Phi) is 4.81. The summed E-state index contributed by atoms with van der Waals surface area (Å²) in [6, 6.07) is 0. The van der Waals surface area contributed by atoms with Gasteiger partial charge in [-0.25, -0.2) is 0 Å². The van der Waals surface area contributed by atoms with Gasteiger partial charge in [-0.1, -0.05) is 36.4 Å². The van der Waals surface area contributed by atoms with E-state index in [9.17, 15) is 9.59 Å². The Morgan fingerprint density at radius 2 is 1.61 bits per heavy atom. The lowest BCUT2D eigenvalue weighted by Gasteiger charge is -2.39. The zero-order chi connectivity index (χ0) is 14.1. The van der Waals surface area contributed by atoms with E-state index in [1.165, 1.54) is 4.90 Å². The third-order valence-electron chi connectivity index (χ3n) is 3.47. The van der Waals surface area contributed by atoms with Gasteiger partial charge in [-0.05, 0) is 32.9 Å². The summed E-state index contributed by atoms with van der Waals surface area (Å²) in [4.78, 5) is 26.9. The van der Waals surface area contributed by atoms with E-state index in [4.69, 9.17) is 0 Å². The van der Waals surface area contributed by atoms with E-state index in [1.54, 1.807) is 0 Å². The third-order valence-corrected chi connectivity index (χ3v) is 4.82. The molecule has 1 rings (SSSR count). The molecule has 1 fully saturated rings. The maximum Gasteiger partial charge on any atom is 0.229 e. The van der Waals surface area contributed by atoms with Gasteiger partial charge in [0.15, 0.2) is 0 Å². The van der Waals surface area contributed by atoms with Crippen LogP contribution in [0.3, 0.4) is 0 Å². The molecule has 104 valence electrons. The van der Waals surface area contributed by atoms with E-state index in [2.05, 4.69) is 62.4 Å². The molecule has 0 spiro atoms. The van der Waals surface area contributed by atoms with Crippen LogP contribution in [0.5, 0.6) is 0 Å². The Hall–Kier alpha value is -0.170. The van der Waals surface area contributed by atoms with Crippen molar-refractivity contribution in [3.8, 4) is 0 Å². The number of rotatable bonds is 5. The molecule has 2 amide bonds. The molecular formula is C13H23IN2O2. The smallest absolute Gasteiger partial charge is 0.229 e. The monoisotopic (exact) mass is 366 g/mol. The van der Waals surface area contributed by atoms with Crippen molar-refractivity contribution in [1.82, 2.24) is 9.80 Å². The van der Waals surface area contributed by atoms with E-state index >= 15 is 0 Å². The summed E-state index contributed by atoms with van der Waals surface area (Å²) in [6.07, 6.45) is 1.68. The lowest BCUT2D eigenvalue weighted by molar-refractivity contribution is -0.140. The molecule has 1 aliphatic rings. The van der Waals surface area contributed by atoms with Gasteiger partial charge in [-0.2, -0.15) is 0 Å². The van der Waals surface area contributed by atoms with Gasteiger partial charge in [0, 0.05) is 19.4 Å². The molecule has 0 aromatic heterocycles. The average molecular weight is 366 g/mol. The van der Waals surface area contributed by atoms with Crippen molar-refractivity contribution in [2.24, 2.45) is 5.41 Å². The number of hydrogen-bond donors (Lipinski definition) is 0. The molecule has 0 bridgehead atoms. The van der Waals surface area contributed by atoms with Gasteiger partial charge in [0.25, 0.3) is 0 Å². The zero-order valence-electron chi connectivity index (χ0n) is 11.9. The number of halogens is 1. The lowest BCUT2D eigenvalue weighted by atomic mass is 9.85. The number of likely N-dealkylation sites (tertiary alicyclic amines) is 1. The second kappa shape index (κ2) is 5.45. The molecule has 1 saturated heterocycles. The van der Waals surface area contributed by atoms with E-state index in [0.717, 1.165) is 6.42 Å². The van der Waals surface area contributed by atoms with E-state index in [1.807, 2.05) is 0 Å². The topological polar surface area (TPSA) is 40.6 Å². The number of hydrogen-bond acceptors (Lipinski definition) is 3. The van der Waals surface area contributed by atoms with Crippen molar-refractivity contribution >= 4 is 34.4 Å². The van der Waals surface area contributed by atoms with Gasteiger partial charge in [-0.15, -0.1) is 0 Å². The Labute approximate surface area is 123 Å². The fourth-order valence-electron chi connectivity index (χ4n) is 2.31. The van der Waals surface area contributed by atoms with Gasteiger partial charge < -0.3 is 0 Å². The number of nitrogens with zero attached hydrogens (tertiary/aromatic N) is 2. The fourth-order valence-corrected chi connectivity index (χ4v) is 3.35. The van der Waals surface area contributed by atoms with Crippen molar-refractivity contribution in [2.45, 2.75) is 43.6 Å². The fraction of sp³-hybridized carbons (Fsp3) is 0.846. The first-order valence-corrected chi connectivity index (χ1v) is 7.33. The molecule has 1 unspecified atom stereocenters. The van der Waals surface area contributed by atoms with Crippen molar-refractivity contribution in [1.29, 1.82) is 0 Å². The Balaban J connectivity index is 2.70. The Morgan fingerprint density at radius 1 is 1.17 bits per heavy atom. The highest BCUT2D eigenvalue weighted by Gasteiger charge is 2.37. The number of carbonyl (C=O) groups excluding carboxylic acids is 2. The van der Waals surface area contributed by atoms with Gasteiger partial charge >= 0.3 is 0 Å². The minimum Gasteiger partial charge on any atom is -0.295 e. The summed E-state index contributed by atoms with van der Waals surface area (Å²) in [7, 11) is 4.10. The molecule has 0 N–H and O–H groups in total. The highest BCUT2D eigenvalue weighted by Crippen LogP contribution is 2.36. The van der Waals surface area contributed by atoms with Crippen molar-refractivity contribution in [3.63, 3.8) is 0 Å². The second-order valence-corrected chi connectivity index (χ2v) is 8.58.